The van der Waals surface area contributed by atoms with Crippen LogP contribution in [0.25, 0.3) is 0 Å². The topological polar surface area (TPSA) is 75.4 Å². The fourth-order valence-electron chi connectivity index (χ4n) is 1.59. The van der Waals surface area contributed by atoms with Crippen LogP contribution in [0.1, 0.15) is 28.0 Å². The van der Waals surface area contributed by atoms with Gasteiger partial charge in [-0.2, -0.15) is 0 Å². The number of amides is 1. The number of benzene rings is 1. The van der Waals surface area contributed by atoms with E-state index >= 15 is 0 Å². The van der Waals surface area contributed by atoms with E-state index in [4.69, 9.17) is 5.11 Å². The summed E-state index contributed by atoms with van der Waals surface area (Å²) in [6, 6.07) is 5.72. The summed E-state index contributed by atoms with van der Waals surface area (Å²) in [6.07, 6.45) is 1.71. The molecular weight excluding hydrogens is 275 g/mol. The highest BCUT2D eigenvalue weighted by Gasteiger charge is 2.12. The number of aliphatic hydroxyl groups is 1. The second-order valence-electron chi connectivity index (χ2n) is 4.14. The monoisotopic (exact) mass is 288 g/mol. The molecule has 1 heterocycles. The van der Waals surface area contributed by atoms with Gasteiger partial charge in [0.1, 0.15) is 17.8 Å². The van der Waals surface area contributed by atoms with Crippen LogP contribution < -0.4 is 5.32 Å². The molecule has 0 atom stereocenters. The van der Waals surface area contributed by atoms with Crippen LogP contribution in [0.3, 0.4) is 0 Å². The maximum absolute atomic E-state index is 13.9. The predicted octanol–water partition coefficient (Wildman–Crippen LogP) is 1.48. The van der Waals surface area contributed by atoms with Gasteiger partial charge in [0.2, 0.25) is 0 Å². The average molecular weight is 288 g/mol. The van der Waals surface area contributed by atoms with Crippen LogP contribution in [-0.2, 0) is 6.54 Å². The number of hydrogen-bond donors (Lipinski definition) is 2. The Labute approximate surface area is 120 Å². The van der Waals surface area contributed by atoms with E-state index in [1.54, 1.807) is 12.1 Å². The smallest absolute Gasteiger partial charge is 0.254 e. The molecular formula is C15H13FN2O3. The zero-order valence-electron chi connectivity index (χ0n) is 11.1. The molecule has 108 valence electrons. The molecule has 21 heavy (non-hydrogen) atoms. The lowest BCUT2D eigenvalue weighted by Crippen LogP contribution is -2.24. The first-order valence-corrected chi connectivity index (χ1v) is 6.27. The van der Waals surface area contributed by atoms with Crippen molar-refractivity contribution in [3.8, 4) is 11.8 Å². The Bertz CT molecular complexity index is 672. The summed E-state index contributed by atoms with van der Waals surface area (Å²) in [7, 11) is 0. The van der Waals surface area contributed by atoms with E-state index in [1.165, 1.54) is 18.4 Å². The molecule has 0 bridgehead atoms. The number of carbonyl (C=O) groups excluding carboxylic acids is 1. The largest absolute Gasteiger partial charge is 0.395 e. The standard InChI is InChI=1S/C15H13FN2O3/c16-14-9-11(3-1-2-7-19)4-5-13(14)15(20)17-10-12-6-8-21-18-12/h4-6,8-9,19H,2,7,10H2,(H,17,20). The van der Waals surface area contributed by atoms with Gasteiger partial charge in [-0.1, -0.05) is 17.0 Å². The van der Waals surface area contributed by atoms with Crippen molar-refractivity contribution in [3.63, 3.8) is 0 Å². The highest BCUT2D eigenvalue weighted by molar-refractivity contribution is 5.94. The summed E-state index contributed by atoms with van der Waals surface area (Å²) in [5.74, 6) is 4.20. The van der Waals surface area contributed by atoms with Crippen molar-refractivity contribution in [2.45, 2.75) is 13.0 Å². The van der Waals surface area contributed by atoms with Crippen LogP contribution in [0, 0.1) is 17.7 Å². The van der Waals surface area contributed by atoms with Crippen molar-refractivity contribution in [2.75, 3.05) is 6.61 Å². The van der Waals surface area contributed by atoms with E-state index in [1.807, 2.05) is 0 Å². The normalized spacial score (nSPS) is 9.81. The Morgan fingerprint density at radius 3 is 2.95 bits per heavy atom. The number of aromatic nitrogens is 1. The number of halogens is 1. The van der Waals surface area contributed by atoms with Gasteiger partial charge >= 0.3 is 0 Å². The first-order chi connectivity index (χ1) is 10.2. The van der Waals surface area contributed by atoms with Crippen molar-refractivity contribution in [2.24, 2.45) is 0 Å². The van der Waals surface area contributed by atoms with Gasteiger partial charge in [0, 0.05) is 18.1 Å². The second-order valence-corrected chi connectivity index (χ2v) is 4.14. The maximum Gasteiger partial charge on any atom is 0.254 e. The molecule has 0 unspecified atom stereocenters. The maximum atomic E-state index is 13.9. The Balaban J connectivity index is 2.03. The molecule has 1 aromatic heterocycles. The molecule has 0 aliphatic rings. The second kappa shape index (κ2) is 7.22. The average Bonchev–Trinajstić information content (AvgIpc) is 2.98. The molecule has 2 N–H and O–H groups in total. The van der Waals surface area contributed by atoms with Crippen molar-refractivity contribution < 1.29 is 18.8 Å². The third kappa shape index (κ3) is 4.16. The van der Waals surface area contributed by atoms with Gasteiger partial charge < -0.3 is 14.9 Å². The summed E-state index contributed by atoms with van der Waals surface area (Å²) in [5.41, 5.74) is 0.940. The lowest BCUT2D eigenvalue weighted by Gasteiger charge is -2.04. The molecule has 0 radical (unpaired) electrons. The minimum absolute atomic E-state index is 0.0436. The number of nitrogens with zero attached hydrogens (tertiary/aromatic N) is 1. The fraction of sp³-hybridized carbons (Fsp3) is 0.200. The van der Waals surface area contributed by atoms with Crippen LogP contribution in [0.4, 0.5) is 4.39 Å². The number of carbonyl (C=O) groups is 1. The van der Waals surface area contributed by atoms with Crippen LogP contribution >= 0.6 is 0 Å². The Hall–Kier alpha value is -2.65. The first-order valence-electron chi connectivity index (χ1n) is 6.27. The highest BCUT2D eigenvalue weighted by Crippen LogP contribution is 2.10. The van der Waals surface area contributed by atoms with Gasteiger partial charge in [0.05, 0.1) is 18.7 Å². The summed E-state index contributed by atoms with van der Waals surface area (Å²) in [6.45, 7) is 0.116. The molecule has 0 aliphatic carbocycles. The molecule has 5 nitrogen and oxygen atoms in total. The van der Waals surface area contributed by atoms with E-state index in [0.717, 1.165) is 0 Å². The third-order valence-corrected chi connectivity index (χ3v) is 2.60. The van der Waals surface area contributed by atoms with E-state index in [2.05, 4.69) is 26.8 Å². The van der Waals surface area contributed by atoms with Crippen LogP contribution in [0.2, 0.25) is 0 Å². The molecule has 1 aromatic carbocycles. The minimum atomic E-state index is -0.650. The van der Waals surface area contributed by atoms with E-state index < -0.39 is 11.7 Å². The fourth-order valence-corrected chi connectivity index (χ4v) is 1.59. The number of nitrogens with one attached hydrogen (secondary N) is 1. The first kappa shape index (κ1) is 14.8. The SMILES string of the molecule is O=C(NCc1ccon1)c1ccc(C#CCCO)cc1F. The molecule has 6 heteroatoms. The zero-order valence-corrected chi connectivity index (χ0v) is 11.1. The van der Waals surface area contributed by atoms with Crippen molar-refractivity contribution in [1.82, 2.24) is 10.5 Å². The minimum Gasteiger partial charge on any atom is -0.395 e. The molecule has 0 saturated heterocycles. The van der Waals surface area contributed by atoms with Gasteiger partial charge in [-0.3, -0.25) is 4.79 Å². The van der Waals surface area contributed by atoms with Gasteiger partial charge in [-0.25, -0.2) is 4.39 Å². The third-order valence-electron chi connectivity index (χ3n) is 2.60. The van der Waals surface area contributed by atoms with Gasteiger partial charge in [0.15, 0.2) is 0 Å². The van der Waals surface area contributed by atoms with Crippen LogP contribution in [0.5, 0.6) is 0 Å². The quantitative estimate of drug-likeness (QED) is 0.836. The number of rotatable bonds is 4. The lowest BCUT2D eigenvalue weighted by atomic mass is 10.1. The van der Waals surface area contributed by atoms with E-state index in [9.17, 15) is 9.18 Å². The van der Waals surface area contributed by atoms with Gasteiger partial charge in [-0.05, 0) is 18.2 Å². The summed E-state index contributed by atoms with van der Waals surface area (Å²) in [4.78, 5) is 11.9. The Kier molecular flexibility index (Phi) is 5.07. The molecule has 2 aromatic rings. The van der Waals surface area contributed by atoms with Crippen LogP contribution in [0.15, 0.2) is 35.1 Å². The molecule has 2 rings (SSSR count). The number of hydrogen-bond acceptors (Lipinski definition) is 4. The molecule has 0 saturated carbocycles. The van der Waals surface area contributed by atoms with Gasteiger partial charge in [0.25, 0.3) is 5.91 Å². The Morgan fingerprint density at radius 1 is 1.43 bits per heavy atom. The zero-order chi connectivity index (χ0) is 15.1. The van der Waals surface area contributed by atoms with Crippen molar-refractivity contribution >= 4 is 5.91 Å². The van der Waals surface area contributed by atoms with Crippen molar-refractivity contribution in [1.29, 1.82) is 0 Å². The van der Waals surface area contributed by atoms with E-state index in [0.29, 0.717) is 17.7 Å². The summed E-state index contributed by atoms with van der Waals surface area (Å²) < 4.78 is 18.5. The Morgan fingerprint density at radius 2 is 2.29 bits per heavy atom. The lowest BCUT2D eigenvalue weighted by molar-refractivity contribution is 0.0946. The molecule has 0 aliphatic heterocycles. The molecule has 0 spiro atoms. The summed E-state index contributed by atoms with van der Waals surface area (Å²) >= 11 is 0. The van der Waals surface area contributed by atoms with Crippen molar-refractivity contribution in [3.05, 3.63) is 53.2 Å². The number of aliphatic hydroxyl groups excluding tert-OH is 1. The molecule has 1 amide bonds. The predicted molar refractivity (Wildman–Crippen MR) is 72.7 cm³/mol. The van der Waals surface area contributed by atoms with Crippen LogP contribution in [-0.4, -0.2) is 22.8 Å². The summed E-state index contributed by atoms with van der Waals surface area (Å²) in [5, 5.41) is 14.8. The molecule has 0 fully saturated rings. The van der Waals surface area contributed by atoms with Gasteiger partial charge in [-0.15, -0.1) is 0 Å². The van der Waals surface area contributed by atoms with E-state index in [-0.39, 0.29) is 18.7 Å². The highest BCUT2D eigenvalue weighted by atomic mass is 19.1.